The molecule has 0 aliphatic carbocycles. The van der Waals surface area contributed by atoms with Crippen molar-refractivity contribution < 1.29 is 24.2 Å². The Morgan fingerprint density at radius 3 is 2.71 bits per heavy atom. The number of nitrogens with one attached hydrogen (secondary N) is 1. The van der Waals surface area contributed by atoms with Gasteiger partial charge in [0.2, 0.25) is 5.91 Å². The van der Waals surface area contributed by atoms with Crippen LogP contribution in [0.4, 0.5) is 5.69 Å². The Labute approximate surface area is 140 Å². The van der Waals surface area contributed by atoms with Gasteiger partial charge in [-0.2, -0.15) is 0 Å². The molecule has 7 nitrogen and oxygen atoms in total. The first-order valence-electron chi connectivity index (χ1n) is 7.90. The van der Waals surface area contributed by atoms with Crippen LogP contribution in [-0.2, 0) is 14.4 Å². The molecule has 0 bridgehead atoms. The summed E-state index contributed by atoms with van der Waals surface area (Å²) >= 11 is 0. The van der Waals surface area contributed by atoms with Gasteiger partial charge in [0.05, 0.1) is 11.6 Å². The molecule has 1 aromatic rings. The van der Waals surface area contributed by atoms with E-state index in [1.165, 1.54) is 4.90 Å². The first kappa shape index (κ1) is 17.8. The topological polar surface area (TPSA) is 95.9 Å². The molecular weight excluding hydrogens is 312 g/mol. The number of ether oxygens (including phenoxy) is 1. The molecule has 130 valence electrons. The Kier molecular flexibility index (Phi) is 5.78. The SMILES string of the molecule is CC(C)CC(CNC(=O)CN1C(=O)COc2ccccc21)C(=O)O. The van der Waals surface area contributed by atoms with Crippen molar-refractivity contribution in [3.63, 3.8) is 0 Å². The van der Waals surface area contributed by atoms with Gasteiger partial charge in [-0.3, -0.25) is 19.3 Å². The third-order valence-corrected chi connectivity index (χ3v) is 3.76. The highest BCUT2D eigenvalue weighted by molar-refractivity contribution is 6.02. The van der Waals surface area contributed by atoms with E-state index < -0.39 is 17.8 Å². The number of benzene rings is 1. The van der Waals surface area contributed by atoms with Crippen molar-refractivity contribution in [2.24, 2.45) is 11.8 Å². The van der Waals surface area contributed by atoms with Crippen LogP contribution in [0.5, 0.6) is 5.75 Å². The van der Waals surface area contributed by atoms with Crippen LogP contribution in [0.2, 0.25) is 0 Å². The summed E-state index contributed by atoms with van der Waals surface area (Å²) in [5.74, 6) is -1.50. The fourth-order valence-corrected chi connectivity index (χ4v) is 2.60. The Bertz CT molecular complexity index is 629. The molecule has 0 radical (unpaired) electrons. The van der Waals surface area contributed by atoms with Crippen LogP contribution in [0.25, 0.3) is 0 Å². The van der Waals surface area contributed by atoms with Gasteiger partial charge >= 0.3 is 5.97 Å². The molecule has 0 fully saturated rings. The summed E-state index contributed by atoms with van der Waals surface area (Å²) in [6, 6.07) is 6.99. The molecule has 0 aromatic heterocycles. The minimum absolute atomic E-state index is 0.0481. The van der Waals surface area contributed by atoms with Gasteiger partial charge in [-0.1, -0.05) is 26.0 Å². The Balaban J connectivity index is 1.97. The van der Waals surface area contributed by atoms with E-state index in [1.807, 2.05) is 13.8 Å². The van der Waals surface area contributed by atoms with Crippen LogP contribution in [0, 0.1) is 11.8 Å². The number of carboxylic acid groups (broad SMARTS) is 1. The van der Waals surface area contributed by atoms with E-state index in [1.54, 1.807) is 24.3 Å². The number of anilines is 1. The van der Waals surface area contributed by atoms with Crippen LogP contribution in [0.3, 0.4) is 0 Å². The fraction of sp³-hybridized carbons (Fsp3) is 0.471. The van der Waals surface area contributed by atoms with Gasteiger partial charge < -0.3 is 15.2 Å². The number of carboxylic acids is 1. The van der Waals surface area contributed by atoms with E-state index in [2.05, 4.69) is 5.32 Å². The molecule has 2 amide bonds. The number of amides is 2. The lowest BCUT2D eigenvalue weighted by Gasteiger charge is -2.28. The summed E-state index contributed by atoms with van der Waals surface area (Å²) < 4.78 is 5.32. The van der Waals surface area contributed by atoms with Crippen LogP contribution < -0.4 is 15.0 Å². The average molecular weight is 334 g/mol. The third kappa shape index (κ3) is 4.47. The number of hydrogen-bond donors (Lipinski definition) is 2. The molecule has 7 heteroatoms. The lowest BCUT2D eigenvalue weighted by molar-refractivity contribution is -0.142. The summed E-state index contributed by atoms with van der Waals surface area (Å²) in [6.45, 7) is 3.64. The average Bonchev–Trinajstić information content (AvgIpc) is 2.53. The molecule has 0 saturated carbocycles. The second kappa shape index (κ2) is 7.81. The fourth-order valence-electron chi connectivity index (χ4n) is 2.60. The van der Waals surface area contributed by atoms with Crippen molar-refractivity contribution >= 4 is 23.5 Å². The molecule has 1 atom stereocenters. The first-order chi connectivity index (χ1) is 11.4. The number of hydrogen-bond acceptors (Lipinski definition) is 4. The van der Waals surface area contributed by atoms with Gasteiger partial charge in [0.1, 0.15) is 12.3 Å². The van der Waals surface area contributed by atoms with Crippen molar-refractivity contribution in [1.82, 2.24) is 5.32 Å². The number of fused-ring (bicyclic) bond motifs is 1. The number of carbonyl (C=O) groups excluding carboxylic acids is 2. The Morgan fingerprint density at radius 1 is 1.33 bits per heavy atom. The molecule has 2 rings (SSSR count). The van der Waals surface area contributed by atoms with Crippen molar-refractivity contribution in [1.29, 1.82) is 0 Å². The van der Waals surface area contributed by atoms with E-state index in [0.29, 0.717) is 17.9 Å². The summed E-state index contributed by atoms with van der Waals surface area (Å²) in [5, 5.41) is 11.8. The zero-order valence-electron chi connectivity index (χ0n) is 13.8. The van der Waals surface area contributed by atoms with Crippen LogP contribution in [0.15, 0.2) is 24.3 Å². The Morgan fingerprint density at radius 2 is 2.04 bits per heavy atom. The van der Waals surface area contributed by atoms with E-state index >= 15 is 0 Å². The van der Waals surface area contributed by atoms with E-state index in [9.17, 15) is 19.5 Å². The van der Waals surface area contributed by atoms with E-state index in [-0.39, 0.29) is 31.5 Å². The quantitative estimate of drug-likeness (QED) is 0.783. The van der Waals surface area contributed by atoms with E-state index in [4.69, 9.17) is 4.74 Å². The van der Waals surface area contributed by atoms with Crippen LogP contribution in [0.1, 0.15) is 20.3 Å². The van der Waals surface area contributed by atoms with Gasteiger partial charge in [0.25, 0.3) is 5.91 Å². The minimum Gasteiger partial charge on any atom is -0.482 e. The molecular formula is C17H22N2O5. The van der Waals surface area contributed by atoms with E-state index in [0.717, 1.165) is 0 Å². The molecule has 0 saturated heterocycles. The number of para-hydroxylation sites is 2. The molecule has 0 spiro atoms. The monoisotopic (exact) mass is 334 g/mol. The summed E-state index contributed by atoms with van der Waals surface area (Å²) in [5.41, 5.74) is 0.542. The highest BCUT2D eigenvalue weighted by atomic mass is 16.5. The van der Waals surface area contributed by atoms with Crippen LogP contribution >= 0.6 is 0 Å². The molecule has 1 aliphatic heterocycles. The predicted octanol–water partition coefficient (Wildman–Crippen LogP) is 1.28. The van der Waals surface area contributed by atoms with Crippen molar-refractivity contribution in [2.75, 3.05) is 24.6 Å². The zero-order valence-corrected chi connectivity index (χ0v) is 13.8. The predicted molar refractivity (Wildman–Crippen MR) is 87.9 cm³/mol. The number of aliphatic carboxylic acids is 1. The molecule has 1 aromatic carbocycles. The smallest absolute Gasteiger partial charge is 0.308 e. The van der Waals surface area contributed by atoms with Gasteiger partial charge in [0, 0.05) is 6.54 Å². The van der Waals surface area contributed by atoms with Gasteiger partial charge in [-0.15, -0.1) is 0 Å². The maximum absolute atomic E-state index is 12.1. The van der Waals surface area contributed by atoms with Crippen molar-refractivity contribution in [3.05, 3.63) is 24.3 Å². The first-order valence-corrected chi connectivity index (χ1v) is 7.90. The lowest BCUT2D eigenvalue weighted by atomic mass is 9.97. The normalized spacial score (nSPS) is 14.8. The largest absolute Gasteiger partial charge is 0.482 e. The second-order valence-electron chi connectivity index (χ2n) is 6.21. The molecule has 1 heterocycles. The van der Waals surface area contributed by atoms with Crippen molar-refractivity contribution in [2.45, 2.75) is 20.3 Å². The van der Waals surface area contributed by atoms with Gasteiger partial charge in [-0.25, -0.2) is 0 Å². The highest BCUT2D eigenvalue weighted by Gasteiger charge is 2.27. The van der Waals surface area contributed by atoms with Crippen molar-refractivity contribution in [3.8, 4) is 5.75 Å². The number of carbonyl (C=O) groups is 3. The molecule has 1 unspecified atom stereocenters. The second-order valence-corrected chi connectivity index (χ2v) is 6.21. The van der Waals surface area contributed by atoms with Crippen LogP contribution in [-0.4, -0.2) is 42.6 Å². The standard InChI is InChI=1S/C17H22N2O5/c1-11(2)7-12(17(22)23)8-18-15(20)9-19-13-5-3-4-6-14(13)24-10-16(19)21/h3-6,11-12H,7-10H2,1-2H3,(H,18,20)(H,22,23). The summed E-state index contributed by atoms with van der Waals surface area (Å²) in [6.07, 6.45) is 0.481. The molecule has 24 heavy (non-hydrogen) atoms. The number of rotatable bonds is 7. The highest BCUT2D eigenvalue weighted by Crippen LogP contribution is 2.31. The third-order valence-electron chi connectivity index (χ3n) is 3.76. The molecule has 2 N–H and O–H groups in total. The van der Waals surface area contributed by atoms with Gasteiger partial charge in [0.15, 0.2) is 6.61 Å². The maximum Gasteiger partial charge on any atom is 0.308 e. The molecule has 1 aliphatic rings. The number of nitrogens with zero attached hydrogens (tertiary/aromatic N) is 1. The van der Waals surface area contributed by atoms with Gasteiger partial charge in [-0.05, 0) is 24.5 Å². The summed E-state index contributed by atoms with van der Waals surface area (Å²) in [4.78, 5) is 36.7. The summed E-state index contributed by atoms with van der Waals surface area (Å²) in [7, 11) is 0. The minimum atomic E-state index is -0.934. The maximum atomic E-state index is 12.1. The Hall–Kier alpha value is -2.57. The lowest BCUT2D eigenvalue weighted by Crippen LogP contribution is -2.46. The zero-order chi connectivity index (χ0) is 17.7.